The van der Waals surface area contributed by atoms with Gasteiger partial charge in [-0.2, -0.15) is 0 Å². The lowest BCUT2D eigenvalue weighted by molar-refractivity contribution is 0.258. The fraction of sp³-hybridized carbons (Fsp3) is 0.333. The van der Waals surface area contributed by atoms with Gasteiger partial charge in [-0.25, -0.2) is 9.98 Å². The van der Waals surface area contributed by atoms with Crippen LogP contribution in [-0.2, 0) is 42.6 Å². The molecule has 0 radical (unpaired) electrons. The topological polar surface area (TPSA) is 181 Å². The molecule has 366 valence electrons. The number of thioether (sulfide) groups is 4. The van der Waals surface area contributed by atoms with Crippen molar-refractivity contribution in [1.29, 1.82) is 10.8 Å². The monoisotopic (exact) mass is 1030 g/mol. The molecule has 17 heteroatoms. The Labute approximate surface area is 434 Å². The molecule has 2 aliphatic rings. The Bertz CT molecular complexity index is 2330. The Hall–Kier alpha value is -4.16. The predicted octanol–water partition coefficient (Wildman–Crippen LogP) is 10.7. The summed E-state index contributed by atoms with van der Waals surface area (Å²) in [6.45, 7) is 18.4. The molecule has 10 N–H and O–H groups in total. The first-order valence-corrected chi connectivity index (χ1v) is 25.9. The summed E-state index contributed by atoms with van der Waals surface area (Å²) in [5.41, 5.74) is 33.0. The van der Waals surface area contributed by atoms with Crippen molar-refractivity contribution in [3.8, 4) is 0 Å². The van der Waals surface area contributed by atoms with Gasteiger partial charge >= 0.3 is 0 Å². The van der Waals surface area contributed by atoms with Gasteiger partial charge in [0.05, 0.1) is 26.7 Å². The van der Waals surface area contributed by atoms with E-state index in [1.807, 2.05) is 24.3 Å². The third-order valence-electron chi connectivity index (χ3n) is 11.0. The van der Waals surface area contributed by atoms with Gasteiger partial charge in [0.25, 0.3) is 0 Å². The molecule has 7 rings (SSSR count). The van der Waals surface area contributed by atoms with Crippen LogP contribution in [0, 0.1) is 52.4 Å². The van der Waals surface area contributed by atoms with E-state index in [1.165, 1.54) is 84.7 Å². The minimum atomic E-state index is 0. The number of amidine groups is 4. The van der Waals surface area contributed by atoms with Crippen LogP contribution in [0.25, 0.3) is 0 Å². The zero-order valence-corrected chi connectivity index (χ0v) is 45.0. The molecule has 0 atom stereocenters. The molecule has 0 spiro atoms. The van der Waals surface area contributed by atoms with Crippen LogP contribution in [0.4, 0.5) is 0 Å². The lowest BCUT2D eigenvalue weighted by Gasteiger charge is -2.27. The Morgan fingerprint density at radius 1 is 0.515 bits per heavy atom. The summed E-state index contributed by atoms with van der Waals surface area (Å²) < 4.78 is 0. The smallest absolute Gasteiger partial charge is 0.159 e. The van der Waals surface area contributed by atoms with E-state index in [2.05, 4.69) is 141 Å². The number of nitrogens with one attached hydrogen (secondary N) is 4. The van der Waals surface area contributed by atoms with E-state index in [1.54, 1.807) is 23.5 Å². The van der Waals surface area contributed by atoms with E-state index in [4.69, 9.17) is 38.0 Å². The molecule has 0 unspecified atom stereocenters. The predicted molar refractivity (Wildman–Crippen MR) is 304 cm³/mol. The second kappa shape index (κ2) is 30.4. The van der Waals surface area contributed by atoms with E-state index < -0.39 is 0 Å². The van der Waals surface area contributed by atoms with Crippen molar-refractivity contribution in [2.45, 2.75) is 84.2 Å². The normalized spacial score (nSPS) is 13.3. The van der Waals surface area contributed by atoms with Crippen molar-refractivity contribution in [1.82, 2.24) is 20.4 Å². The molecule has 68 heavy (non-hydrogen) atoms. The van der Waals surface area contributed by atoms with Crippen LogP contribution in [-0.4, -0.2) is 57.1 Å². The Morgan fingerprint density at radius 2 is 0.853 bits per heavy atom. The van der Waals surface area contributed by atoms with Crippen molar-refractivity contribution in [3.05, 3.63) is 175 Å². The number of nitrogens with two attached hydrogens (primary N) is 3. The van der Waals surface area contributed by atoms with Gasteiger partial charge < -0.3 is 27.8 Å². The summed E-state index contributed by atoms with van der Waals surface area (Å²) in [6.07, 6.45) is 0. The Kier molecular flexibility index (Phi) is 26.0. The number of nitrogens with zero attached hydrogens (tertiary/aromatic N) is 4. The van der Waals surface area contributed by atoms with Gasteiger partial charge in [-0.05, 0) is 97.2 Å². The molecule has 0 aromatic heterocycles. The van der Waals surface area contributed by atoms with Gasteiger partial charge in [0.15, 0.2) is 20.7 Å². The minimum absolute atomic E-state index is 0. The van der Waals surface area contributed by atoms with Crippen LogP contribution in [0.5, 0.6) is 0 Å². The zero-order chi connectivity index (χ0) is 47.4. The maximum absolute atomic E-state index is 7.17. The molecule has 11 nitrogen and oxygen atoms in total. The summed E-state index contributed by atoms with van der Waals surface area (Å²) in [6, 6.07) is 36.4. The molecule has 5 aromatic rings. The van der Waals surface area contributed by atoms with Crippen LogP contribution in [0.15, 0.2) is 113 Å². The fourth-order valence-corrected chi connectivity index (χ4v) is 9.99. The van der Waals surface area contributed by atoms with Gasteiger partial charge in [-0.1, -0.05) is 167 Å². The van der Waals surface area contributed by atoms with E-state index in [0.717, 1.165) is 72.7 Å². The number of aliphatic imine (C=N–C) groups is 2. The maximum atomic E-state index is 7.17. The van der Waals surface area contributed by atoms with Crippen LogP contribution in [0.2, 0.25) is 0 Å². The average Bonchev–Trinajstić information content (AvgIpc) is 3.31. The average molecular weight is 1040 g/mol. The molecule has 0 bridgehead atoms. The molecule has 2 heterocycles. The highest BCUT2D eigenvalue weighted by atomic mass is 35.5. The Morgan fingerprint density at radius 3 is 1.16 bits per heavy atom. The molecule has 0 aliphatic carbocycles. The Balaban J connectivity index is 0.000000359. The molecule has 0 amide bonds. The first-order valence-electron chi connectivity index (χ1n) is 22.0. The second-order valence-corrected chi connectivity index (χ2v) is 20.4. The van der Waals surface area contributed by atoms with Crippen molar-refractivity contribution in [3.63, 3.8) is 0 Å². The van der Waals surface area contributed by atoms with Gasteiger partial charge in [-0.15, -0.1) is 24.8 Å². The molecule has 0 saturated carbocycles. The van der Waals surface area contributed by atoms with Crippen molar-refractivity contribution in [2.24, 2.45) is 27.2 Å². The van der Waals surface area contributed by atoms with E-state index in [-0.39, 0.29) is 35.1 Å². The number of benzene rings is 5. The first-order chi connectivity index (χ1) is 31.8. The van der Waals surface area contributed by atoms with Gasteiger partial charge in [0, 0.05) is 42.6 Å². The van der Waals surface area contributed by atoms with Crippen LogP contribution in [0.1, 0.15) is 72.3 Å². The van der Waals surface area contributed by atoms with Gasteiger partial charge in [0.2, 0.25) is 0 Å². The lowest BCUT2D eigenvalue weighted by atomic mass is 10.1. The van der Waals surface area contributed by atoms with Gasteiger partial charge in [0.1, 0.15) is 0 Å². The summed E-state index contributed by atoms with van der Waals surface area (Å²) in [5.74, 6) is 3.18. The van der Waals surface area contributed by atoms with E-state index >= 15 is 0 Å². The highest BCUT2D eigenvalue weighted by Gasteiger charge is 2.17. The standard InChI is InChI=1S/C32H40N6S2.C10H14N4S2.C9H13N.2ClH/c1-23-9-11-25(3)29(13-23)15-37-19-33-31(34-20-37)39-17-27-7-5-6-8-28(27)18-40-32-35-21-38(22-36-32)16-30-14-24(2)10-12-26(30)4;11-9(12)15-5-7-3-1-2-4-8(7)6-16-10(13)14;1-7-3-4-8(2)9(5-7)6-10;;/h5-14H,15-22H2,1-4H3,(H,33,34)(H,35,36);1-4H,5-6H2,(H3,11,12)(H3,13,14);3-5H,6,10H2,1-2H3;2*1H. The van der Waals surface area contributed by atoms with Crippen molar-refractivity contribution < 1.29 is 0 Å². The molecule has 0 fully saturated rings. The van der Waals surface area contributed by atoms with Gasteiger partial charge in [-0.3, -0.25) is 20.6 Å². The third kappa shape index (κ3) is 20.1. The second-order valence-electron chi connectivity index (χ2n) is 16.5. The van der Waals surface area contributed by atoms with Crippen molar-refractivity contribution >= 4 is 92.5 Å². The highest BCUT2D eigenvalue weighted by molar-refractivity contribution is 8.14. The van der Waals surface area contributed by atoms with Crippen LogP contribution < -0.4 is 27.8 Å². The van der Waals surface area contributed by atoms with Crippen molar-refractivity contribution in [2.75, 3.05) is 26.7 Å². The molecule has 0 saturated heterocycles. The number of halogens is 2. The SMILES string of the molecule is Cc1ccc(C)c(CN)c1.Cc1ccc(C)c(CN2CN=C(SCc3ccccc3CSC3=NCN(Cc4cc(C)ccc4C)CN3)NC2)c1.Cl.Cl.N=C(N)SCc1ccccc1CSC(=N)N. The largest absolute Gasteiger partial charge is 0.379 e. The number of hydrogen-bond donors (Lipinski definition) is 7. The molecule has 5 aromatic carbocycles. The minimum Gasteiger partial charge on any atom is -0.379 e. The molecular formula is C51H69Cl2N11S4. The van der Waals surface area contributed by atoms with E-state index in [0.29, 0.717) is 18.1 Å². The number of aryl methyl sites for hydroxylation is 6. The summed E-state index contributed by atoms with van der Waals surface area (Å²) in [4.78, 5) is 14.3. The van der Waals surface area contributed by atoms with Crippen LogP contribution >= 0.6 is 71.9 Å². The molecular weight excluding hydrogens is 966 g/mol. The van der Waals surface area contributed by atoms with Crippen LogP contribution in [0.3, 0.4) is 0 Å². The quantitative estimate of drug-likeness (QED) is 0.0441. The fourth-order valence-electron chi connectivity index (χ4n) is 7.03. The van der Waals surface area contributed by atoms with E-state index in [9.17, 15) is 0 Å². The summed E-state index contributed by atoms with van der Waals surface area (Å²) >= 11 is 6.19. The third-order valence-corrected chi connectivity index (χ3v) is 14.5. The number of hydrogen-bond acceptors (Lipinski definition) is 13. The number of rotatable bonds is 13. The lowest BCUT2D eigenvalue weighted by Crippen LogP contribution is -2.41. The molecule has 2 aliphatic heterocycles. The highest BCUT2D eigenvalue weighted by Crippen LogP contribution is 2.25. The summed E-state index contributed by atoms with van der Waals surface area (Å²) in [7, 11) is 0. The zero-order valence-electron chi connectivity index (χ0n) is 40.1. The maximum Gasteiger partial charge on any atom is 0.159 e. The first kappa shape index (κ1) is 58.2. The summed E-state index contributed by atoms with van der Waals surface area (Å²) in [5, 5.41) is 23.7.